The quantitative estimate of drug-likeness (QED) is 0.645. The highest BCUT2D eigenvalue weighted by Gasteiger charge is 2.31. The zero-order valence-corrected chi connectivity index (χ0v) is 14.3. The third kappa shape index (κ3) is 5.37. The third-order valence-corrected chi connectivity index (χ3v) is 3.40. The van der Waals surface area contributed by atoms with Gasteiger partial charge < -0.3 is 19.3 Å². The van der Waals surface area contributed by atoms with Crippen LogP contribution in [-0.4, -0.2) is 23.1 Å². The van der Waals surface area contributed by atoms with Crippen LogP contribution in [0.2, 0.25) is 0 Å². The Kier molecular flexibility index (Phi) is 5.49. The van der Waals surface area contributed by atoms with Gasteiger partial charge in [-0.3, -0.25) is 0 Å². The number of anilines is 1. The molecule has 0 fully saturated rings. The molecule has 27 heavy (non-hydrogen) atoms. The summed E-state index contributed by atoms with van der Waals surface area (Å²) in [6.45, 7) is 2.63. The zero-order chi connectivity index (χ0) is 19.3. The molecule has 3 rings (SSSR count). The number of rotatable bonds is 7. The molecule has 0 saturated heterocycles. The van der Waals surface area contributed by atoms with Gasteiger partial charge in [0.1, 0.15) is 11.5 Å². The summed E-state index contributed by atoms with van der Waals surface area (Å²) in [6, 6.07) is 12.7. The molecule has 0 amide bonds. The van der Waals surface area contributed by atoms with Gasteiger partial charge in [-0.15, -0.1) is 13.2 Å². The van der Waals surface area contributed by atoms with Gasteiger partial charge >= 0.3 is 6.36 Å². The van der Waals surface area contributed by atoms with Crippen molar-refractivity contribution in [3.05, 3.63) is 54.4 Å². The summed E-state index contributed by atoms with van der Waals surface area (Å²) in [7, 11) is 0. The van der Waals surface area contributed by atoms with Gasteiger partial charge in [0.25, 0.3) is 0 Å². The monoisotopic (exact) mass is 379 g/mol. The molecule has 0 bridgehead atoms. The van der Waals surface area contributed by atoms with E-state index < -0.39 is 6.36 Å². The summed E-state index contributed by atoms with van der Waals surface area (Å²) in [5.41, 5.74) is 1.19. The summed E-state index contributed by atoms with van der Waals surface area (Å²) >= 11 is 0. The summed E-state index contributed by atoms with van der Waals surface area (Å²) in [4.78, 5) is 4.26. The van der Waals surface area contributed by atoms with Crippen molar-refractivity contribution in [3.63, 3.8) is 0 Å². The lowest BCUT2D eigenvalue weighted by molar-refractivity contribution is -0.274. The smallest absolute Gasteiger partial charge is 0.494 e. The molecule has 0 aliphatic carbocycles. The molecule has 0 radical (unpaired) electrons. The highest BCUT2D eigenvalue weighted by Crippen LogP contribution is 2.25. The molecule has 9 heteroatoms. The van der Waals surface area contributed by atoms with Crippen LogP contribution in [0.15, 0.2) is 53.1 Å². The van der Waals surface area contributed by atoms with E-state index in [0.29, 0.717) is 24.0 Å². The highest BCUT2D eigenvalue weighted by atomic mass is 19.4. The standard InChI is InChI=1S/C18H16F3N3O3/c1-2-25-14-8-6-12(7-9-14)17-23-16(27-24-17)11-22-13-4-3-5-15(10-13)26-18(19,20)21/h3-10,22H,2,11H2,1H3. The fourth-order valence-corrected chi connectivity index (χ4v) is 2.29. The number of nitrogens with one attached hydrogen (secondary N) is 1. The van der Waals surface area contributed by atoms with Crippen molar-refractivity contribution in [2.24, 2.45) is 0 Å². The minimum absolute atomic E-state index is 0.152. The zero-order valence-electron chi connectivity index (χ0n) is 14.3. The van der Waals surface area contributed by atoms with Crippen LogP contribution in [-0.2, 0) is 6.54 Å². The molecule has 1 aromatic heterocycles. The molecule has 0 aliphatic heterocycles. The molecular weight excluding hydrogens is 363 g/mol. The first kappa shape index (κ1) is 18.6. The number of hydrogen-bond acceptors (Lipinski definition) is 6. The van der Waals surface area contributed by atoms with Crippen LogP contribution in [0.25, 0.3) is 11.4 Å². The average molecular weight is 379 g/mol. The van der Waals surface area contributed by atoms with Crippen LogP contribution in [0.4, 0.5) is 18.9 Å². The van der Waals surface area contributed by atoms with E-state index in [2.05, 4.69) is 20.2 Å². The van der Waals surface area contributed by atoms with E-state index in [4.69, 9.17) is 9.26 Å². The van der Waals surface area contributed by atoms with Crippen LogP contribution < -0.4 is 14.8 Å². The summed E-state index contributed by atoms with van der Waals surface area (Å²) in [6.07, 6.45) is -4.74. The Morgan fingerprint density at radius 1 is 1.07 bits per heavy atom. The first-order chi connectivity index (χ1) is 12.9. The number of ether oxygens (including phenoxy) is 2. The molecule has 0 spiro atoms. The van der Waals surface area contributed by atoms with Gasteiger partial charge in [0, 0.05) is 17.3 Å². The predicted molar refractivity (Wildman–Crippen MR) is 91.4 cm³/mol. The predicted octanol–water partition coefficient (Wildman–Crippen LogP) is 4.65. The van der Waals surface area contributed by atoms with Crippen molar-refractivity contribution < 1.29 is 27.2 Å². The number of halogens is 3. The van der Waals surface area contributed by atoms with Gasteiger partial charge in [0.2, 0.25) is 11.7 Å². The number of nitrogens with zero attached hydrogens (tertiary/aromatic N) is 2. The van der Waals surface area contributed by atoms with E-state index in [1.165, 1.54) is 18.2 Å². The highest BCUT2D eigenvalue weighted by molar-refractivity contribution is 5.55. The lowest BCUT2D eigenvalue weighted by atomic mass is 10.2. The van der Waals surface area contributed by atoms with Crippen molar-refractivity contribution >= 4 is 5.69 Å². The van der Waals surface area contributed by atoms with Crippen molar-refractivity contribution in [2.45, 2.75) is 19.8 Å². The first-order valence-electron chi connectivity index (χ1n) is 8.08. The topological polar surface area (TPSA) is 69.4 Å². The molecule has 6 nitrogen and oxygen atoms in total. The van der Waals surface area contributed by atoms with E-state index in [9.17, 15) is 13.2 Å². The van der Waals surface area contributed by atoms with Gasteiger partial charge in [-0.1, -0.05) is 11.2 Å². The number of alkyl halides is 3. The van der Waals surface area contributed by atoms with Crippen molar-refractivity contribution in [1.29, 1.82) is 0 Å². The molecule has 1 N–H and O–H groups in total. The number of benzene rings is 2. The van der Waals surface area contributed by atoms with Crippen LogP contribution in [0, 0.1) is 0 Å². The summed E-state index contributed by atoms with van der Waals surface area (Å²) in [5.74, 6) is 1.13. The fraction of sp³-hybridized carbons (Fsp3) is 0.222. The molecule has 142 valence electrons. The lowest BCUT2D eigenvalue weighted by Crippen LogP contribution is -2.17. The second-order valence-corrected chi connectivity index (χ2v) is 5.40. The van der Waals surface area contributed by atoms with E-state index in [-0.39, 0.29) is 12.3 Å². The van der Waals surface area contributed by atoms with Crippen LogP contribution in [0.3, 0.4) is 0 Å². The fourth-order valence-electron chi connectivity index (χ4n) is 2.29. The van der Waals surface area contributed by atoms with Crippen molar-refractivity contribution in [2.75, 3.05) is 11.9 Å². The molecule has 0 aliphatic rings. The normalized spacial score (nSPS) is 11.3. The Labute approximate surface area is 152 Å². The third-order valence-electron chi connectivity index (χ3n) is 3.40. The summed E-state index contributed by atoms with van der Waals surface area (Å²) in [5, 5.41) is 6.81. The van der Waals surface area contributed by atoms with Gasteiger partial charge in [0.15, 0.2) is 0 Å². The Morgan fingerprint density at radius 3 is 2.56 bits per heavy atom. The van der Waals surface area contributed by atoms with Crippen LogP contribution >= 0.6 is 0 Å². The van der Waals surface area contributed by atoms with Crippen molar-refractivity contribution in [1.82, 2.24) is 10.1 Å². The molecule has 1 heterocycles. The van der Waals surface area contributed by atoms with Gasteiger partial charge in [-0.25, -0.2) is 0 Å². The SMILES string of the molecule is CCOc1ccc(-c2noc(CNc3cccc(OC(F)(F)F)c3)n2)cc1. The van der Waals surface area contributed by atoms with E-state index >= 15 is 0 Å². The average Bonchev–Trinajstić information content (AvgIpc) is 3.09. The van der Waals surface area contributed by atoms with E-state index in [1.807, 2.05) is 19.1 Å². The van der Waals surface area contributed by atoms with Gasteiger partial charge in [-0.2, -0.15) is 4.98 Å². The maximum absolute atomic E-state index is 12.3. The Bertz CT molecular complexity index is 879. The maximum atomic E-state index is 12.3. The summed E-state index contributed by atoms with van der Waals surface area (Å²) < 4.78 is 51.2. The van der Waals surface area contributed by atoms with Crippen LogP contribution in [0.1, 0.15) is 12.8 Å². The van der Waals surface area contributed by atoms with E-state index in [0.717, 1.165) is 11.3 Å². The molecule has 0 atom stereocenters. The lowest BCUT2D eigenvalue weighted by Gasteiger charge is -2.10. The van der Waals surface area contributed by atoms with Gasteiger partial charge in [-0.05, 0) is 43.3 Å². The van der Waals surface area contributed by atoms with Crippen LogP contribution in [0.5, 0.6) is 11.5 Å². The Hall–Kier alpha value is -3.23. The minimum Gasteiger partial charge on any atom is -0.494 e. The second kappa shape index (κ2) is 7.98. The largest absolute Gasteiger partial charge is 0.573 e. The van der Waals surface area contributed by atoms with Crippen molar-refractivity contribution in [3.8, 4) is 22.9 Å². The Morgan fingerprint density at radius 2 is 1.85 bits per heavy atom. The maximum Gasteiger partial charge on any atom is 0.573 e. The molecular formula is C18H16F3N3O3. The molecule has 2 aromatic carbocycles. The first-order valence-corrected chi connectivity index (χ1v) is 8.08. The Balaban J connectivity index is 1.62. The second-order valence-electron chi connectivity index (χ2n) is 5.40. The van der Waals surface area contributed by atoms with Gasteiger partial charge in [0.05, 0.1) is 13.2 Å². The molecule has 3 aromatic rings. The minimum atomic E-state index is -4.74. The number of hydrogen-bond donors (Lipinski definition) is 1. The molecule has 0 saturated carbocycles. The van der Waals surface area contributed by atoms with E-state index in [1.54, 1.807) is 18.2 Å². The number of aromatic nitrogens is 2. The molecule has 0 unspecified atom stereocenters.